The molecule has 0 atom stereocenters. The lowest BCUT2D eigenvalue weighted by Gasteiger charge is -2.06. The third-order valence-corrected chi connectivity index (χ3v) is 4.46. The fourth-order valence-corrected chi connectivity index (χ4v) is 3.34. The molecule has 1 aromatic heterocycles. The van der Waals surface area contributed by atoms with Crippen LogP contribution >= 0.6 is 22.9 Å². The first-order valence-electron chi connectivity index (χ1n) is 7.26. The first-order chi connectivity index (χ1) is 12.0. The van der Waals surface area contributed by atoms with E-state index < -0.39 is 10.8 Å². The molecule has 0 aliphatic carbocycles. The number of benzene rings is 2. The van der Waals surface area contributed by atoms with Gasteiger partial charge in [-0.2, -0.15) is 0 Å². The molecule has 25 heavy (non-hydrogen) atoms. The number of amides is 1. The number of carbonyl (C=O) groups is 1. The molecule has 0 bridgehead atoms. The van der Waals surface area contributed by atoms with Gasteiger partial charge >= 0.3 is 5.69 Å². The van der Waals surface area contributed by atoms with E-state index in [1.54, 1.807) is 25.1 Å². The Morgan fingerprint density at radius 1 is 1.36 bits per heavy atom. The average Bonchev–Trinajstić information content (AvgIpc) is 2.96. The second kappa shape index (κ2) is 7.04. The van der Waals surface area contributed by atoms with Gasteiger partial charge in [-0.15, -0.1) is 0 Å². The Bertz CT molecular complexity index is 973. The Hall–Kier alpha value is -2.71. The number of nitro benzene ring substituents is 1. The van der Waals surface area contributed by atoms with Crippen molar-refractivity contribution in [1.29, 1.82) is 0 Å². The highest BCUT2D eigenvalue weighted by atomic mass is 35.5. The SMILES string of the molecule is CCOc1ccc(C(=O)Nc2nc3ccc(Cl)cc3s2)cc1[N+](=O)[O-]. The molecule has 0 spiro atoms. The number of thiazole rings is 1. The second-order valence-corrected chi connectivity index (χ2v) is 6.42. The quantitative estimate of drug-likeness (QED) is 0.521. The van der Waals surface area contributed by atoms with E-state index in [0.717, 1.165) is 4.70 Å². The van der Waals surface area contributed by atoms with Crippen LogP contribution in [0.5, 0.6) is 5.75 Å². The molecule has 0 saturated heterocycles. The van der Waals surface area contributed by atoms with Gasteiger partial charge in [0.2, 0.25) is 0 Å². The van der Waals surface area contributed by atoms with Crippen molar-refractivity contribution >= 4 is 49.9 Å². The van der Waals surface area contributed by atoms with Crippen LogP contribution in [0.1, 0.15) is 17.3 Å². The van der Waals surface area contributed by atoms with Crippen LogP contribution in [0.4, 0.5) is 10.8 Å². The minimum atomic E-state index is -0.582. The molecule has 128 valence electrons. The second-order valence-electron chi connectivity index (χ2n) is 4.96. The van der Waals surface area contributed by atoms with Gasteiger partial charge in [0.25, 0.3) is 5.91 Å². The number of aromatic nitrogens is 1. The van der Waals surface area contributed by atoms with Crippen molar-refractivity contribution in [3.63, 3.8) is 0 Å². The lowest BCUT2D eigenvalue weighted by molar-refractivity contribution is -0.385. The molecule has 0 saturated carbocycles. The number of carbonyl (C=O) groups excluding carboxylic acids is 1. The van der Waals surface area contributed by atoms with Crippen molar-refractivity contribution in [1.82, 2.24) is 4.98 Å². The monoisotopic (exact) mass is 377 g/mol. The smallest absolute Gasteiger partial charge is 0.311 e. The highest BCUT2D eigenvalue weighted by Crippen LogP contribution is 2.30. The summed E-state index contributed by atoms with van der Waals surface area (Å²) in [6.07, 6.45) is 0. The molecule has 3 aromatic rings. The van der Waals surface area contributed by atoms with Crippen LogP contribution in [0.3, 0.4) is 0 Å². The maximum Gasteiger partial charge on any atom is 0.311 e. The van der Waals surface area contributed by atoms with E-state index in [9.17, 15) is 14.9 Å². The standard InChI is InChI=1S/C16H12ClN3O4S/c1-2-24-13-6-3-9(7-12(13)20(22)23)15(21)19-16-18-11-5-4-10(17)8-14(11)25-16/h3-8H,2H2,1H3,(H,18,19,21). The molecule has 1 heterocycles. The number of fused-ring (bicyclic) bond motifs is 1. The minimum Gasteiger partial charge on any atom is -0.487 e. The summed E-state index contributed by atoms with van der Waals surface area (Å²) < 4.78 is 6.04. The Morgan fingerprint density at radius 3 is 2.88 bits per heavy atom. The molecule has 0 aliphatic heterocycles. The molecule has 0 radical (unpaired) electrons. The van der Waals surface area contributed by atoms with Gasteiger partial charge in [-0.05, 0) is 37.3 Å². The van der Waals surface area contributed by atoms with E-state index >= 15 is 0 Å². The van der Waals surface area contributed by atoms with Gasteiger partial charge in [0, 0.05) is 16.7 Å². The molecular weight excluding hydrogens is 366 g/mol. The molecular formula is C16H12ClN3O4S. The third-order valence-electron chi connectivity index (χ3n) is 3.29. The highest BCUT2D eigenvalue weighted by Gasteiger charge is 2.19. The Kier molecular flexibility index (Phi) is 4.82. The predicted octanol–water partition coefficient (Wildman–Crippen LogP) is 4.51. The van der Waals surface area contributed by atoms with Crippen LogP contribution in [-0.2, 0) is 0 Å². The number of nitrogens with zero attached hydrogens (tertiary/aromatic N) is 2. The number of halogens is 1. The summed E-state index contributed by atoms with van der Waals surface area (Å²) in [7, 11) is 0. The van der Waals surface area contributed by atoms with Crippen LogP contribution < -0.4 is 10.1 Å². The largest absolute Gasteiger partial charge is 0.487 e. The van der Waals surface area contributed by atoms with Crippen LogP contribution in [0, 0.1) is 10.1 Å². The zero-order valence-corrected chi connectivity index (χ0v) is 14.6. The van der Waals surface area contributed by atoms with E-state index in [0.29, 0.717) is 22.3 Å². The lowest BCUT2D eigenvalue weighted by Crippen LogP contribution is -2.12. The van der Waals surface area contributed by atoms with Gasteiger partial charge in [0.05, 0.1) is 21.7 Å². The molecule has 0 unspecified atom stereocenters. The van der Waals surface area contributed by atoms with Gasteiger partial charge in [-0.25, -0.2) is 4.98 Å². The van der Waals surface area contributed by atoms with Crippen molar-refractivity contribution < 1.29 is 14.5 Å². The van der Waals surface area contributed by atoms with Crippen LogP contribution in [0.15, 0.2) is 36.4 Å². The maximum atomic E-state index is 12.4. The van der Waals surface area contributed by atoms with E-state index in [1.807, 2.05) is 0 Å². The zero-order chi connectivity index (χ0) is 18.0. The first kappa shape index (κ1) is 17.1. The molecule has 1 amide bonds. The molecule has 0 fully saturated rings. The molecule has 1 N–H and O–H groups in total. The summed E-state index contributed by atoms with van der Waals surface area (Å²) in [5.41, 5.74) is 0.598. The highest BCUT2D eigenvalue weighted by molar-refractivity contribution is 7.22. The average molecular weight is 378 g/mol. The summed E-state index contributed by atoms with van der Waals surface area (Å²) in [4.78, 5) is 27.2. The normalized spacial score (nSPS) is 10.6. The number of nitrogens with one attached hydrogen (secondary N) is 1. The topological polar surface area (TPSA) is 94.4 Å². The van der Waals surface area contributed by atoms with Crippen LogP contribution in [0.2, 0.25) is 5.02 Å². The van der Waals surface area contributed by atoms with E-state index in [2.05, 4.69) is 10.3 Å². The van der Waals surface area contributed by atoms with Crippen molar-refractivity contribution in [2.24, 2.45) is 0 Å². The van der Waals surface area contributed by atoms with E-state index in [1.165, 1.54) is 29.5 Å². The number of ether oxygens (including phenoxy) is 1. The van der Waals surface area contributed by atoms with E-state index in [-0.39, 0.29) is 17.0 Å². The van der Waals surface area contributed by atoms with Crippen molar-refractivity contribution in [3.05, 3.63) is 57.1 Å². The van der Waals surface area contributed by atoms with Crippen molar-refractivity contribution in [2.45, 2.75) is 6.92 Å². The predicted molar refractivity (Wildman–Crippen MR) is 96.8 cm³/mol. The summed E-state index contributed by atoms with van der Waals surface area (Å²) in [6, 6.07) is 9.29. The molecule has 2 aromatic carbocycles. The Balaban J connectivity index is 1.86. The zero-order valence-electron chi connectivity index (χ0n) is 13.0. The maximum absolute atomic E-state index is 12.4. The van der Waals surface area contributed by atoms with Gasteiger partial charge < -0.3 is 4.74 Å². The van der Waals surface area contributed by atoms with Crippen molar-refractivity contribution in [2.75, 3.05) is 11.9 Å². The lowest BCUT2D eigenvalue weighted by atomic mass is 10.2. The van der Waals surface area contributed by atoms with Gasteiger partial charge in [-0.3, -0.25) is 20.2 Å². The van der Waals surface area contributed by atoms with Crippen molar-refractivity contribution in [3.8, 4) is 5.75 Å². The molecule has 0 aliphatic rings. The summed E-state index contributed by atoms with van der Waals surface area (Å²) in [6.45, 7) is 2.02. The fraction of sp³-hybridized carbons (Fsp3) is 0.125. The molecule has 3 rings (SSSR count). The van der Waals surface area contributed by atoms with Crippen LogP contribution in [-0.4, -0.2) is 22.4 Å². The Labute approximate surface area is 151 Å². The molecule has 7 nitrogen and oxygen atoms in total. The van der Waals surface area contributed by atoms with Gasteiger partial charge in [0.1, 0.15) is 0 Å². The number of nitro groups is 1. The van der Waals surface area contributed by atoms with Crippen LogP contribution in [0.25, 0.3) is 10.2 Å². The summed E-state index contributed by atoms with van der Waals surface area (Å²) in [5, 5.41) is 14.8. The number of hydrogen-bond donors (Lipinski definition) is 1. The van der Waals surface area contributed by atoms with Gasteiger partial charge in [-0.1, -0.05) is 22.9 Å². The summed E-state index contributed by atoms with van der Waals surface area (Å²) in [5.74, 6) is -0.366. The number of rotatable bonds is 5. The minimum absolute atomic E-state index is 0.124. The van der Waals surface area contributed by atoms with E-state index in [4.69, 9.17) is 16.3 Å². The number of hydrogen-bond acceptors (Lipinski definition) is 6. The molecule has 9 heteroatoms. The van der Waals surface area contributed by atoms with Gasteiger partial charge in [0.15, 0.2) is 10.9 Å². The Morgan fingerprint density at radius 2 is 2.16 bits per heavy atom. The fourth-order valence-electron chi connectivity index (χ4n) is 2.20. The first-order valence-corrected chi connectivity index (χ1v) is 8.46. The summed E-state index contributed by atoms with van der Waals surface area (Å²) >= 11 is 7.20. The number of anilines is 1. The third kappa shape index (κ3) is 3.70.